The zero-order valence-corrected chi connectivity index (χ0v) is 16.3. The van der Waals surface area contributed by atoms with Gasteiger partial charge in [-0.1, -0.05) is 6.07 Å². The largest absolute Gasteiger partial charge is 0.488 e. The highest BCUT2D eigenvalue weighted by atomic mass is 16.6. The molecule has 0 saturated carbocycles. The van der Waals surface area contributed by atoms with Crippen molar-refractivity contribution < 1.29 is 33.7 Å². The highest BCUT2D eigenvalue weighted by molar-refractivity contribution is 5.96. The molecule has 0 saturated heterocycles. The van der Waals surface area contributed by atoms with Gasteiger partial charge in [-0.2, -0.15) is 0 Å². The number of carbonyl (C=O) groups excluding carboxylic acids is 2. The summed E-state index contributed by atoms with van der Waals surface area (Å²) in [6, 6.07) is 9.07. The van der Waals surface area contributed by atoms with E-state index in [1.54, 1.807) is 32.9 Å². The number of anilines is 1. The van der Waals surface area contributed by atoms with Gasteiger partial charge in [-0.05, 0) is 56.7 Å². The molecule has 8 nitrogen and oxygen atoms in total. The van der Waals surface area contributed by atoms with Crippen LogP contribution in [0.5, 0.6) is 11.5 Å². The lowest BCUT2D eigenvalue weighted by molar-refractivity contribution is 0.0633. The van der Waals surface area contributed by atoms with E-state index in [2.05, 4.69) is 5.32 Å². The number of nitrogens with one attached hydrogen (secondary N) is 1. The summed E-state index contributed by atoms with van der Waals surface area (Å²) in [4.78, 5) is 36.1. The van der Waals surface area contributed by atoms with Gasteiger partial charge in [-0.3, -0.25) is 5.32 Å². The number of benzene rings is 2. The smallest absolute Gasteiger partial charge is 0.412 e. The summed E-state index contributed by atoms with van der Waals surface area (Å²) in [6.07, 6.45) is -0.306. The molecule has 1 aliphatic heterocycles. The maximum atomic E-state index is 12.6. The topological polar surface area (TPSA) is 111 Å². The molecule has 0 fully saturated rings. The Bertz CT molecular complexity index is 975. The molecule has 2 aromatic rings. The summed E-state index contributed by atoms with van der Waals surface area (Å²) in [5.74, 6) is -1.77. The molecule has 0 aliphatic carbocycles. The number of carboxylic acid groups (broad SMARTS) is 1. The molecule has 0 spiro atoms. The van der Waals surface area contributed by atoms with Gasteiger partial charge in [0.05, 0.1) is 12.2 Å². The quantitative estimate of drug-likeness (QED) is 0.582. The van der Waals surface area contributed by atoms with Crippen LogP contribution in [0.15, 0.2) is 36.4 Å². The second-order valence-electron chi connectivity index (χ2n) is 7.42. The molecule has 1 aliphatic rings. The van der Waals surface area contributed by atoms with Gasteiger partial charge >= 0.3 is 18.0 Å². The Morgan fingerprint density at radius 3 is 2.62 bits per heavy atom. The lowest BCUT2D eigenvalue weighted by Crippen LogP contribution is -2.27. The first-order valence-corrected chi connectivity index (χ1v) is 8.98. The van der Waals surface area contributed by atoms with Crippen LogP contribution >= 0.6 is 0 Å². The minimum Gasteiger partial charge on any atom is -0.488 e. The number of amides is 1. The summed E-state index contributed by atoms with van der Waals surface area (Å²) >= 11 is 0. The number of fused-ring (bicyclic) bond motifs is 2. The fourth-order valence-corrected chi connectivity index (χ4v) is 2.83. The molecular weight excluding hydrogens is 378 g/mol. The van der Waals surface area contributed by atoms with E-state index in [4.69, 9.17) is 14.2 Å². The molecule has 0 bridgehead atoms. The third kappa shape index (κ3) is 4.84. The van der Waals surface area contributed by atoms with Crippen LogP contribution < -0.4 is 14.8 Å². The molecule has 3 rings (SSSR count). The van der Waals surface area contributed by atoms with E-state index >= 15 is 0 Å². The predicted octanol–water partition coefficient (Wildman–Crippen LogP) is 3.89. The van der Waals surface area contributed by atoms with Gasteiger partial charge in [0.2, 0.25) is 0 Å². The van der Waals surface area contributed by atoms with Crippen molar-refractivity contribution in [3.63, 3.8) is 0 Å². The summed E-state index contributed by atoms with van der Waals surface area (Å²) in [6.45, 7) is 5.39. The van der Waals surface area contributed by atoms with E-state index in [0.717, 1.165) is 0 Å². The normalized spacial score (nSPS) is 13.4. The first-order valence-electron chi connectivity index (χ1n) is 8.98. The zero-order chi connectivity index (χ0) is 21.2. The van der Waals surface area contributed by atoms with Crippen LogP contribution in [0.25, 0.3) is 0 Å². The summed E-state index contributed by atoms with van der Waals surface area (Å²) in [7, 11) is 0. The van der Waals surface area contributed by atoms with Crippen LogP contribution in [0.3, 0.4) is 0 Å². The number of aromatic carboxylic acids is 1. The average Bonchev–Trinajstić information content (AvgIpc) is 2.66. The molecule has 0 atom stereocenters. The van der Waals surface area contributed by atoms with Gasteiger partial charge < -0.3 is 19.3 Å². The fraction of sp³-hybridized carbons (Fsp3) is 0.286. The Kier molecular flexibility index (Phi) is 5.45. The van der Waals surface area contributed by atoms with Crippen molar-refractivity contribution >= 4 is 23.7 Å². The second-order valence-corrected chi connectivity index (χ2v) is 7.42. The van der Waals surface area contributed by atoms with E-state index in [0.29, 0.717) is 23.2 Å². The van der Waals surface area contributed by atoms with Gasteiger partial charge in [-0.15, -0.1) is 0 Å². The Labute approximate surface area is 167 Å². The van der Waals surface area contributed by atoms with E-state index in [1.807, 2.05) is 0 Å². The first kappa shape index (κ1) is 20.2. The molecule has 2 aromatic carbocycles. The van der Waals surface area contributed by atoms with Crippen molar-refractivity contribution in [2.75, 3.05) is 11.9 Å². The zero-order valence-electron chi connectivity index (χ0n) is 16.3. The van der Waals surface area contributed by atoms with Crippen LogP contribution in [0.2, 0.25) is 0 Å². The third-order valence-corrected chi connectivity index (χ3v) is 4.00. The number of para-hydroxylation sites is 1. The van der Waals surface area contributed by atoms with Gasteiger partial charge in [0.15, 0.2) is 11.5 Å². The Hall–Kier alpha value is -3.55. The highest BCUT2D eigenvalue weighted by Gasteiger charge is 2.24. The van der Waals surface area contributed by atoms with Crippen LogP contribution in [0, 0.1) is 0 Å². The number of rotatable bonds is 2. The minimum absolute atomic E-state index is 0.00765. The average molecular weight is 399 g/mol. The SMILES string of the molecule is CC(C)(C)OC(=O)Nc1ccc2c(c1)CCOc1c(cccc1C(=O)O)OC2=O. The molecule has 0 unspecified atom stereocenters. The molecule has 29 heavy (non-hydrogen) atoms. The Morgan fingerprint density at radius 1 is 1.17 bits per heavy atom. The minimum atomic E-state index is -1.18. The molecule has 0 aromatic heterocycles. The van der Waals surface area contributed by atoms with Crippen LogP contribution in [0.4, 0.5) is 10.5 Å². The monoisotopic (exact) mass is 399 g/mol. The number of ether oxygens (including phenoxy) is 3. The van der Waals surface area contributed by atoms with Gasteiger partial charge in [-0.25, -0.2) is 14.4 Å². The van der Waals surface area contributed by atoms with Crippen molar-refractivity contribution in [3.05, 3.63) is 53.1 Å². The molecule has 2 N–H and O–H groups in total. The first-order chi connectivity index (χ1) is 13.6. The van der Waals surface area contributed by atoms with Crippen molar-refractivity contribution in [1.82, 2.24) is 0 Å². The van der Waals surface area contributed by atoms with Crippen molar-refractivity contribution in [1.29, 1.82) is 0 Å². The van der Waals surface area contributed by atoms with Crippen LogP contribution in [-0.4, -0.2) is 35.3 Å². The molecule has 1 amide bonds. The fourth-order valence-electron chi connectivity index (χ4n) is 2.83. The number of esters is 1. The molecule has 1 heterocycles. The molecule has 0 radical (unpaired) electrons. The number of hydrogen-bond acceptors (Lipinski definition) is 6. The summed E-state index contributed by atoms with van der Waals surface area (Å²) < 4.78 is 16.2. The number of carbonyl (C=O) groups is 3. The predicted molar refractivity (Wildman–Crippen MR) is 104 cm³/mol. The third-order valence-electron chi connectivity index (χ3n) is 4.00. The summed E-state index contributed by atoms with van der Waals surface area (Å²) in [5.41, 5.74) is 0.615. The van der Waals surface area contributed by atoms with E-state index < -0.39 is 23.6 Å². The molecular formula is C21H21NO7. The maximum absolute atomic E-state index is 12.6. The van der Waals surface area contributed by atoms with E-state index in [9.17, 15) is 19.5 Å². The molecule has 152 valence electrons. The lowest BCUT2D eigenvalue weighted by atomic mass is 10.0. The van der Waals surface area contributed by atoms with E-state index in [1.165, 1.54) is 24.3 Å². The maximum Gasteiger partial charge on any atom is 0.412 e. The Balaban J connectivity index is 1.87. The second kappa shape index (κ2) is 7.83. The molecule has 8 heteroatoms. The Morgan fingerprint density at radius 2 is 1.93 bits per heavy atom. The lowest BCUT2D eigenvalue weighted by Gasteiger charge is -2.20. The van der Waals surface area contributed by atoms with Gasteiger partial charge in [0.25, 0.3) is 0 Å². The number of hydrogen-bond donors (Lipinski definition) is 2. The van der Waals surface area contributed by atoms with Gasteiger partial charge in [0.1, 0.15) is 11.2 Å². The van der Waals surface area contributed by atoms with Gasteiger partial charge in [0, 0.05) is 12.1 Å². The summed E-state index contributed by atoms with van der Waals surface area (Å²) in [5, 5.41) is 12.0. The number of carboxylic acids is 1. The van der Waals surface area contributed by atoms with Crippen molar-refractivity contribution in [2.45, 2.75) is 32.8 Å². The van der Waals surface area contributed by atoms with Crippen molar-refractivity contribution in [2.24, 2.45) is 0 Å². The van der Waals surface area contributed by atoms with Crippen molar-refractivity contribution in [3.8, 4) is 11.5 Å². The highest BCUT2D eigenvalue weighted by Crippen LogP contribution is 2.34. The standard InChI is InChI=1S/C21H21NO7/c1-21(2,3)29-20(26)22-13-7-8-14-12(11-13)9-10-27-17-15(18(23)24)5-4-6-16(17)28-19(14)25/h4-8,11H,9-10H2,1-3H3,(H,22,26)(H,23,24). The van der Waals surface area contributed by atoms with Crippen LogP contribution in [0.1, 0.15) is 47.1 Å². The van der Waals surface area contributed by atoms with E-state index in [-0.39, 0.29) is 23.7 Å². The van der Waals surface area contributed by atoms with Crippen LogP contribution in [-0.2, 0) is 11.2 Å².